The summed E-state index contributed by atoms with van der Waals surface area (Å²) in [6.45, 7) is 4.82. The number of anilines is 1. The van der Waals surface area contributed by atoms with Crippen molar-refractivity contribution in [1.82, 2.24) is 4.98 Å². The van der Waals surface area contributed by atoms with Gasteiger partial charge in [-0.2, -0.15) is 0 Å². The number of aromatic nitrogens is 1. The molecule has 0 aliphatic carbocycles. The van der Waals surface area contributed by atoms with Crippen LogP contribution in [0.5, 0.6) is 0 Å². The molecule has 0 bridgehead atoms. The molecule has 5 nitrogen and oxygen atoms in total. The molecule has 2 N–H and O–H groups in total. The molecule has 0 amide bonds. The van der Waals surface area contributed by atoms with Crippen LogP contribution < -0.4 is 5.32 Å². The van der Waals surface area contributed by atoms with Gasteiger partial charge in [-0.15, -0.1) is 0 Å². The predicted molar refractivity (Wildman–Crippen MR) is 46.6 cm³/mol. The van der Waals surface area contributed by atoms with Crippen molar-refractivity contribution in [3.63, 3.8) is 0 Å². The fourth-order valence-electron chi connectivity index (χ4n) is 0.733. The number of carboxylic acids is 1. The number of nitrogens with zero attached hydrogens (tertiary/aromatic N) is 1. The van der Waals surface area contributed by atoms with Gasteiger partial charge in [-0.25, -0.2) is 9.78 Å². The zero-order valence-electron chi connectivity index (χ0n) is 7.79. The maximum Gasteiger partial charge on any atom is 0.328 e. The van der Waals surface area contributed by atoms with Crippen LogP contribution in [0.1, 0.15) is 19.6 Å². The van der Waals surface area contributed by atoms with E-state index in [0.29, 0.717) is 5.76 Å². The normalized spacial score (nSPS) is 11.3. The summed E-state index contributed by atoms with van der Waals surface area (Å²) < 4.78 is 5.08. The summed E-state index contributed by atoms with van der Waals surface area (Å²) in [7, 11) is 0. The fourth-order valence-corrected chi connectivity index (χ4v) is 0.733. The third-order valence-corrected chi connectivity index (χ3v) is 1.58. The lowest BCUT2D eigenvalue weighted by atomic mass is 10.1. The van der Waals surface area contributed by atoms with Crippen molar-refractivity contribution in [3.05, 3.63) is 12.0 Å². The monoisotopic (exact) mass is 184 g/mol. The largest absolute Gasteiger partial charge is 0.480 e. The second kappa shape index (κ2) is 3.08. The molecule has 0 saturated heterocycles. The lowest BCUT2D eigenvalue weighted by Gasteiger charge is -2.19. The molecular weight excluding hydrogens is 172 g/mol. The van der Waals surface area contributed by atoms with Crippen LogP contribution in [0.3, 0.4) is 0 Å². The average Bonchev–Trinajstić information content (AvgIpc) is 2.34. The fraction of sp³-hybridized carbons (Fsp3) is 0.500. The zero-order chi connectivity index (χ0) is 10.1. The van der Waals surface area contributed by atoms with E-state index in [0.717, 1.165) is 0 Å². The van der Waals surface area contributed by atoms with Crippen LogP contribution in [-0.2, 0) is 4.79 Å². The maximum atomic E-state index is 10.7. The molecule has 0 aliphatic rings. The van der Waals surface area contributed by atoms with E-state index < -0.39 is 11.5 Å². The van der Waals surface area contributed by atoms with Crippen molar-refractivity contribution in [1.29, 1.82) is 0 Å². The molecule has 72 valence electrons. The van der Waals surface area contributed by atoms with Gasteiger partial charge >= 0.3 is 5.97 Å². The molecule has 1 heterocycles. The summed E-state index contributed by atoms with van der Waals surface area (Å²) in [5.41, 5.74) is -1.07. The molecule has 13 heavy (non-hydrogen) atoms. The molecule has 1 rings (SSSR count). The number of rotatable bonds is 3. The Morgan fingerprint density at radius 3 is 2.69 bits per heavy atom. The minimum Gasteiger partial charge on any atom is -0.480 e. The molecule has 0 radical (unpaired) electrons. The van der Waals surface area contributed by atoms with Gasteiger partial charge in [0.25, 0.3) is 6.01 Å². The minimum atomic E-state index is -1.07. The smallest absolute Gasteiger partial charge is 0.328 e. The van der Waals surface area contributed by atoms with E-state index in [1.807, 2.05) is 0 Å². The van der Waals surface area contributed by atoms with Gasteiger partial charge in [0.15, 0.2) is 0 Å². The number of carbonyl (C=O) groups is 1. The second-order valence-electron chi connectivity index (χ2n) is 3.33. The van der Waals surface area contributed by atoms with Gasteiger partial charge in [0, 0.05) is 0 Å². The van der Waals surface area contributed by atoms with Gasteiger partial charge in [0.05, 0.1) is 6.20 Å². The van der Waals surface area contributed by atoms with Crippen LogP contribution in [0.2, 0.25) is 0 Å². The van der Waals surface area contributed by atoms with Crippen molar-refractivity contribution in [2.75, 3.05) is 5.32 Å². The van der Waals surface area contributed by atoms with Gasteiger partial charge in [0.2, 0.25) is 0 Å². The molecule has 0 aromatic carbocycles. The van der Waals surface area contributed by atoms with E-state index >= 15 is 0 Å². The summed E-state index contributed by atoms with van der Waals surface area (Å²) in [6.07, 6.45) is 1.53. The maximum absolute atomic E-state index is 10.7. The Labute approximate surface area is 75.8 Å². The lowest BCUT2D eigenvalue weighted by Crippen LogP contribution is -2.40. The Kier molecular flexibility index (Phi) is 2.27. The van der Waals surface area contributed by atoms with E-state index in [4.69, 9.17) is 9.52 Å². The van der Waals surface area contributed by atoms with Crippen molar-refractivity contribution in [2.45, 2.75) is 26.3 Å². The topological polar surface area (TPSA) is 75.4 Å². The van der Waals surface area contributed by atoms with Crippen molar-refractivity contribution >= 4 is 12.0 Å². The first-order valence-electron chi connectivity index (χ1n) is 3.86. The Hall–Kier alpha value is -1.52. The van der Waals surface area contributed by atoms with Gasteiger partial charge in [-0.05, 0) is 20.8 Å². The minimum absolute atomic E-state index is 0.227. The summed E-state index contributed by atoms with van der Waals surface area (Å²) in [6, 6.07) is 0.227. The van der Waals surface area contributed by atoms with Crippen LogP contribution >= 0.6 is 0 Å². The molecule has 1 aromatic rings. The van der Waals surface area contributed by atoms with Crippen LogP contribution in [0, 0.1) is 6.92 Å². The number of oxazole rings is 1. The molecule has 5 heteroatoms. The highest BCUT2D eigenvalue weighted by Crippen LogP contribution is 2.14. The number of hydrogen-bond acceptors (Lipinski definition) is 4. The van der Waals surface area contributed by atoms with E-state index in [1.165, 1.54) is 20.0 Å². The number of carboxylic acid groups (broad SMARTS) is 1. The van der Waals surface area contributed by atoms with Gasteiger partial charge in [-0.3, -0.25) is 0 Å². The Bertz CT molecular complexity index is 317. The summed E-state index contributed by atoms with van der Waals surface area (Å²) in [4.78, 5) is 14.5. The second-order valence-corrected chi connectivity index (χ2v) is 3.33. The van der Waals surface area contributed by atoms with Crippen LogP contribution in [0.25, 0.3) is 0 Å². The molecule has 0 aliphatic heterocycles. The summed E-state index contributed by atoms with van der Waals surface area (Å²) in [5.74, 6) is -0.313. The van der Waals surface area contributed by atoms with Gasteiger partial charge < -0.3 is 14.8 Å². The summed E-state index contributed by atoms with van der Waals surface area (Å²) in [5, 5.41) is 11.4. The van der Waals surface area contributed by atoms with Crippen molar-refractivity contribution in [2.24, 2.45) is 0 Å². The first-order chi connectivity index (χ1) is 5.92. The quantitative estimate of drug-likeness (QED) is 0.739. The van der Waals surface area contributed by atoms with E-state index in [1.54, 1.807) is 6.92 Å². The van der Waals surface area contributed by atoms with Gasteiger partial charge in [0.1, 0.15) is 11.3 Å². The highest BCUT2D eigenvalue weighted by Gasteiger charge is 2.28. The standard InChI is InChI=1S/C8H12N2O3/c1-5-4-9-7(13-5)10-8(2,3)6(11)12/h4H,1-3H3,(H,9,10)(H,11,12). The highest BCUT2D eigenvalue weighted by molar-refractivity contribution is 5.80. The van der Waals surface area contributed by atoms with Crippen LogP contribution in [0.15, 0.2) is 10.6 Å². The number of aliphatic carboxylic acids is 1. The molecule has 0 unspecified atom stereocenters. The third kappa shape index (κ3) is 2.21. The zero-order valence-corrected chi connectivity index (χ0v) is 7.79. The van der Waals surface area contributed by atoms with Gasteiger partial charge in [-0.1, -0.05) is 0 Å². The number of hydrogen-bond donors (Lipinski definition) is 2. The highest BCUT2D eigenvalue weighted by atomic mass is 16.4. The van der Waals surface area contributed by atoms with Crippen LogP contribution in [0.4, 0.5) is 6.01 Å². The first kappa shape index (κ1) is 9.57. The molecule has 0 spiro atoms. The summed E-state index contributed by atoms with van der Waals surface area (Å²) >= 11 is 0. The SMILES string of the molecule is Cc1cnc(NC(C)(C)C(=O)O)o1. The number of nitrogens with one attached hydrogen (secondary N) is 1. The Morgan fingerprint density at radius 2 is 2.31 bits per heavy atom. The Morgan fingerprint density at radius 1 is 1.69 bits per heavy atom. The molecule has 0 fully saturated rings. The van der Waals surface area contributed by atoms with Crippen molar-refractivity contribution < 1.29 is 14.3 Å². The first-order valence-corrected chi connectivity index (χ1v) is 3.86. The molecular formula is C8H12N2O3. The average molecular weight is 184 g/mol. The molecule has 0 atom stereocenters. The number of aryl methyl sites for hydroxylation is 1. The van der Waals surface area contributed by atoms with E-state index in [9.17, 15) is 4.79 Å². The van der Waals surface area contributed by atoms with E-state index in [-0.39, 0.29) is 6.01 Å². The third-order valence-electron chi connectivity index (χ3n) is 1.58. The Balaban J connectivity index is 2.74. The van der Waals surface area contributed by atoms with Crippen molar-refractivity contribution in [3.8, 4) is 0 Å². The predicted octanol–water partition coefficient (Wildman–Crippen LogP) is 1.26. The molecule has 0 saturated carbocycles. The van der Waals surface area contributed by atoms with E-state index in [2.05, 4.69) is 10.3 Å². The van der Waals surface area contributed by atoms with Crippen LogP contribution in [-0.4, -0.2) is 21.6 Å². The lowest BCUT2D eigenvalue weighted by molar-refractivity contribution is -0.141. The molecule has 1 aromatic heterocycles.